The van der Waals surface area contributed by atoms with Crippen LogP contribution >= 0.6 is 15.9 Å². The molecule has 4 rings (SSSR count). The van der Waals surface area contributed by atoms with Crippen molar-refractivity contribution in [2.75, 3.05) is 0 Å². The third-order valence-corrected chi connectivity index (χ3v) is 5.40. The predicted molar refractivity (Wildman–Crippen MR) is 103 cm³/mol. The summed E-state index contributed by atoms with van der Waals surface area (Å²) in [6.07, 6.45) is 6.76. The first-order valence-corrected chi connectivity index (χ1v) is 9.86. The number of ether oxygens (including phenoxy) is 1. The highest BCUT2D eigenvalue weighted by Crippen LogP contribution is 2.29. The normalized spacial score (nSPS) is 14.1. The number of benzene rings is 2. The van der Waals surface area contributed by atoms with Crippen molar-refractivity contribution < 1.29 is 18.1 Å². The van der Waals surface area contributed by atoms with Gasteiger partial charge in [-0.15, -0.1) is 0 Å². The van der Waals surface area contributed by atoms with Crippen LogP contribution in [0.3, 0.4) is 0 Å². The number of rotatable bonds is 4. The van der Waals surface area contributed by atoms with E-state index in [9.17, 15) is 8.78 Å². The van der Waals surface area contributed by atoms with Crippen LogP contribution in [0.1, 0.15) is 25.1 Å². The van der Waals surface area contributed by atoms with Crippen molar-refractivity contribution in [2.24, 2.45) is 0 Å². The lowest BCUT2D eigenvalue weighted by molar-refractivity contribution is -0.702. The molecule has 0 spiro atoms. The molecule has 3 aromatic rings. The van der Waals surface area contributed by atoms with Crippen molar-refractivity contribution in [3.63, 3.8) is 0 Å². The number of fused-ring (bicyclic) bond motifs is 1. The van der Waals surface area contributed by atoms with Gasteiger partial charge in [0, 0.05) is 16.5 Å². The number of aryl methyl sites for hydroxylation is 1. The van der Waals surface area contributed by atoms with E-state index >= 15 is 0 Å². The van der Waals surface area contributed by atoms with Crippen LogP contribution in [0.5, 0.6) is 5.75 Å². The summed E-state index contributed by atoms with van der Waals surface area (Å²) in [5.74, 6) is 1.45. The van der Waals surface area contributed by atoms with E-state index in [1.807, 2.05) is 24.3 Å². The van der Waals surface area contributed by atoms with Gasteiger partial charge in [-0.2, -0.15) is 13.3 Å². The van der Waals surface area contributed by atoms with E-state index in [-0.39, 0.29) is 5.75 Å². The van der Waals surface area contributed by atoms with Crippen LogP contribution in [0.2, 0.25) is 0 Å². The Balaban J connectivity index is 1.81. The molecule has 140 valence electrons. The summed E-state index contributed by atoms with van der Waals surface area (Å²) in [5, 5.41) is 0. The van der Waals surface area contributed by atoms with Gasteiger partial charge in [0.05, 0.1) is 6.54 Å². The van der Waals surface area contributed by atoms with Crippen molar-refractivity contribution >= 4 is 15.9 Å². The van der Waals surface area contributed by atoms with Gasteiger partial charge in [0.15, 0.2) is 5.69 Å². The van der Waals surface area contributed by atoms with E-state index in [2.05, 4.69) is 48.1 Å². The molecule has 0 amide bonds. The van der Waals surface area contributed by atoms with Crippen LogP contribution in [-0.4, -0.2) is 11.2 Å². The SMILES string of the molecule is FC(F)Oc1ccc(-c2c[n+]3c(n2-c2ccc(Br)cc2)CCCCC3)cc1. The van der Waals surface area contributed by atoms with Gasteiger partial charge in [-0.3, -0.25) is 0 Å². The zero-order valence-electron chi connectivity index (χ0n) is 14.7. The highest BCUT2D eigenvalue weighted by Gasteiger charge is 2.27. The van der Waals surface area contributed by atoms with Gasteiger partial charge in [0.25, 0.3) is 5.82 Å². The molecule has 0 radical (unpaired) electrons. The molecule has 0 saturated heterocycles. The minimum Gasteiger partial charge on any atom is -0.435 e. The zero-order chi connectivity index (χ0) is 18.8. The number of halogens is 3. The highest BCUT2D eigenvalue weighted by molar-refractivity contribution is 9.10. The number of hydrogen-bond acceptors (Lipinski definition) is 1. The first-order valence-electron chi connectivity index (χ1n) is 9.07. The molecule has 2 aromatic carbocycles. The maximum Gasteiger partial charge on any atom is 0.387 e. The van der Waals surface area contributed by atoms with Crippen LogP contribution in [0.25, 0.3) is 16.9 Å². The van der Waals surface area contributed by atoms with Crippen LogP contribution in [0.4, 0.5) is 8.78 Å². The van der Waals surface area contributed by atoms with Gasteiger partial charge >= 0.3 is 6.61 Å². The fraction of sp³-hybridized carbons (Fsp3) is 0.286. The lowest BCUT2D eigenvalue weighted by Gasteiger charge is -2.07. The van der Waals surface area contributed by atoms with E-state index in [4.69, 9.17) is 0 Å². The van der Waals surface area contributed by atoms with E-state index < -0.39 is 6.61 Å². The Labute approximate surface area is 165 Å². The molecular formula is C21H20BrF2N2O+. The number of hydrogen-bond donors (Lipinski definition) is 0. The lowest BCUT2D eigenvalue weighted by atomic mass is 10.1. The molecular weight excluding hydrogens is 414 g/mol. The molecule has 0 unspecified atom stereocenters. The molecule has 0 bridgehead atoms. The van der Waals surface area contributed by atoms with Gasteiger partial charge in [-0.05, 0) is 67.8 Å². The minimum absolute atomic E-state index is 0.171. The molecule has 0 fully saturated rings. The highest BCUT2D eigenvalue weighted by atomic mass is 79.9. The Morgan fingerprint density at radius 3 is 2.41 bits per heavy atom. The molecule has 0 atom stereocenters. The summed E-state index contributed by atoms with van der Waals surface area (Å²) in [5.41, 5.74) is 3.12. The van der Waals surface area contributed by atoms with Gasteiger partial charge < -0.3 is 4.74 Å². The lowest BCUT2D eigenvalue weighted by Crippen LogP contribution is -2.35. The Kier molecular flexibility index (Phi) is 5.25. The molecule has 6 heteroatoms. The monoisotopic (exact) mass is 433 g/mol. The van der Waals surface area contributed by atoms with Crippen molar-refractivity contribution in [1.82, 2.24) is 4.57 Å². The molecule has 0 N–H and O–H groups in total. The average molecular weight is 434 g/mol. The number of aromatic nitrogens is 2. The molecule has 0 aliphatic carbocycles. The summed E-state index contributed by atoms with van der Waals surface area (Å²) >= 11 is 3.50. The van der Waals surface area contributed by atoms with Gasteiger partial charge in [-0.25, -0.2) is 4.57 Å². The van der Waals surface area contributed by atoms with E-state index in [1.54, 1.807) is 12.1 Å². The quantitative estimate of drug-likeness (QED) is 0.495. The first kappa shape index (κ1) is 18.2. The number of alkyl halides is 2. The second-order valence-electron chi connectivity index (χ2n) is 6.65. The van der Waals surface area contributed by atoms with E-state index in [0.717, 1.165) is 34.4 Å². The second-order valence-corrected chi connectivity index (χ2v) is 7.57. The smallest absolute Gasteiger partial charge is 0.387 e. The van der Waals surface area contributed by atoms with Crippen LogP contribution in [-0.2, 0) is 13.0 Å². The standard InChI is InChI=1S/C21H20BrF2N2O/c22-16-7-9-17(10-8-16)26-19(14-25-13-3-1-2-4-20(25)26)15-5-11-18(12-6-15)27-21(23)24/h5-12,14,21H,1-4,13H2/q+1. The van der Waals surface area contributed by atoms with Crippen molar-refractivity contribution in [3.8, 4) is 22.7 Å². The molecule has 3 nitrogen and oxygen atoms in total. The predicted octanol–water partition coefficient (Wildman–Crippen LogP) is 5.52. The topological polar surface area (TPSA) is 18.0 Å². The summed E-state index contributed by atoms with van der Waals surface area (Å²) in [6, 6.07) is 15.1. The zero-order valence-corrected chi connectivity index (χ0v) is 16.3. The van der Waals surface area contributed by atoms with Crippen LogP contribution in [0.15, 0.2) is 59.2 Å². The third-order valence-electron chi connectivity index (χ3n) is 4.87. The maximum absolute atomic E-state index is 12.4. The fourth-order valence-electron chi connectivity index (χ4n) is 3.63. The van der Waals surface area contributed by atoms with Gasteiger partial charge in [0.1, 0.15) is 17.6 Å². The summed E-state index contributed by atoms with van der Waals surface area (Å²) < 4.78 is 35.0. The Bertz CT molecular complexity index is 921. The van der Waals surface area contributed by atoms with E-state index in [1.165, 1.54) is 25.1 Å². The molecule has 0 saturated carbocycles. The van der Waals surface area contributed by atoms with Crippen LogP contribution in [0, 0.1) is 0 Å². The Morgan fingerprint density at radius 2 is 1.70 bits per heavy atom. The Hall–Kier alpha value is -2.21. The van der Waals surface area contributed by atoms with Crippen LogP contribution < -0.4 is 9.30 Å². The third kappa shape index (κ3) is 3.90. The first-order chi connectivity index (χ1) is 13.1. The number of nitrogens with zero attached hydrogens (tertiary/aromatic N) is 2. The van der Waals surface area contributed by atoms with Crippen molar-refractivity contribution in [2.45, 2.75) is 38.8 Å². The molecule has 1 aliphatic rings. The van der Waals surface area contributed by atoms with Crippen molar-refractivity contribution in [1.29, 1.82) is 0 Å². The fourth-order valence-corrected chi connectivity index (χ4v) is 3.89. The minimum atomic E-state index is -2.81. The average Bonchev–Trinajstić information content (AvgIpc) is 2.85. The summed E-state index contributed by atoms with van der Waals surface area (Å²) in [4.78, 5) is 0. The molecule has 2 heterocycles. The summed E-state index contributed by atoms with van der Waals surface area (Å²) in [7, 11) is 0. The van der Waals surface area contributed by atoms with E-state index in [0.29, 0.717) is 0 Å². The molecule has 1 aromatic heterocycles. The van der Waals surface area contributed by atoms with Gasteiger partial charge in [-0.1, -0.05) is 15.9 Å². The summed E-state index contributed by atoms with van der Waals surface area (Å²) in [6.45, 7) is -1.81. The maximum atomic E-state index is 12.4. The largest absolute Gasteiger partial charge is 0.435 e. The van der Waals surface area contributed by atoms with Crippen molar-refractivity contribution in [3.05, 3.63) is 65.0 Å². The second kappa shape index (κ2) is 7.80. The molecule has 27 heavy (non-hydrogen) atoms. The van der Waals surface area contributed by atoms with Gasteiger partial charge in [0.2, 0.25) is 0 Å². The molecule has 1 aliphatic heterocycles. The Morgan fingerprint density at radius 1 is 0.963 bits per heavy atom. The number of imidazole rings is 1.